The molecule has 0 spiro atoms. The Bertz CT molecular complexity index is 248. The van der Waals surface area contributed by atoms with Crippen LogP contribution in [-0.2, 0) is 0 Å². The third kappa shape index (κ3) is 1.94. The lowest BCUT2D eigenvalue weighted by atomic mass is 10.2. The molecule has 0 saturated heterocycles. The monoisotopic (exact) mass is 215 g/mol. The maximum absolute atomic E-state index is 8.64. The van der Waals surface area contributed by atoms with Gasteiger partial charge in [-0.25, -0.2) is 0 Å². The molecule has 0 unspecified atom stereocenters. The fraction of sp³-hybridized carbons (Fsp3) is 0.125. The number of halogens is 1. The third-order valence-corrected chi connectivity index (χ3v) is 1.94. The first-order valence-corrected chi connectivity index (χ1v) is 3.88. The molecule has 1 N–H and O–H groups in total. The maximum atomic E-state index is 8.64. The van der Waals surface area contributed by atoms with Crippen molar-refractivity contribution in [2.75, 3.05) is 7.11 Å². The molecule has 3 heteroatoms. The van der Waals surface area contributed by atoms with Gasteiger partial charge in [-0.2, -0.15) is 0 Å². The van der Waals surface area contributed by atoms with Crippen LogP contribution in [0.4, 0.5) is 0 Å². The standard InChI is InChI=1S/C8H8BrO2/c1-11-8-3-2-6(5-10)4-7(8)9/h2-5,10H,1H3. The first kappa shape index (κ1) is 8.56. The Hall–Kier alpha value is -0.540. The number of aliphatic hydroxyl groups is 1. The number of aliphatic hydroxyl groups excluding tert-OH is 1. The maximum Gasteiger partial charge on any atom is 0.133 e. The van der Waals surface area contributed by atoms with Crippen LogP contribution in [0.5, 0.6) is 5.75 Å². The summed E-state index contributed by atoms with van der Waals surface area (Å²) in [5.74, 6) is 0.760. The average Bonchev–Trinajstić information content (AvgIpc) is 2.04. The highest BCUT2D eigenvalue weighted by Crippen LogP contribution is 2.25. The van der Waals surface area contributed by atoms with E-state index in [-0.39, 0.29) is 0 Å². The number of hydrogen-bond donors (Lipinski definition) is 1. The van der Waals surface area contributed by atoms with Crippen LogP contribution in [0.1, 0.15) is 5.56 Å². The molecule has 0 heterocycles. The van der Waals surface area contributed by atoms with Gasteiger partial charge in [0.2, 0.25) is 0 Å². The average molecular weight is 216 g/mol. The van der Waals surface area contributed by atoms with Crippen molar-refractivity contribution in [3.05, 3.63) is 34.8 Å². The minimum absolute atomic E-state index is 0.748. The van der Waals surface area contributed by atoms with Gasteiger partial charge in [-0.3, -0.25) is 0 Å². The quantitative estimate of drug-likeness (QED) is 0.821. The number of rotatable bonds is 2. The van der Waals surface area contributed by atoms with Gasteiger partial charge < -0.3 is 9.84 Å². The van der Waals surface area contributed by atoms with Crippen molar-refractivity contribution in [2.24, 2.45) is 0 Å². The molecular weight excluding hydrogens is 208 g/mol. The SMILES string of the molecule is COc1ccc([CH]O)cc1Br. The number of ether oxygens (including phenoxy) is 1. The molecule has 0 aliphatic rings. The summed E-state index contributed by atoms with van der Waals surface area (Å²) in [7, 11) is 1.60. The number of methoxy groups -OCH3 is 1. The van der Waals surface area contributed by atoms with Gasteiger partial charge in [-0.15, -0.1) is 0 Å². The topological polar surface area (TPSA) is 29.5 Å². The molecule has 1 rings (SSSR count). The summed E-state index contributed by atoms with van der Waals surface area (Å²) in [4.78, 5) is 0. The lowest BCUT2D eigenvalue weighted by Gasteiger charge is -2.03. The molecule has 0 aromatic heterocycles. The van der Waals surface area contributed by atoms with Crippen molar-refractivity contribution in [1.82, 2.24) is 0 Å². The normalized spacial score (nSPS) is 9.73. The van der Waals surface area contributed by atoms with Gasteiger partial charge in [0.25, 0.3) is 0 Å². The van der Waals surface area contributed by atoms with Gasteiger partial charge in [0.15, 0.2) is 0 Å². The van der Waals surface area contributed by atoms with Crippen LogP contribution in [-0.4, -0.2) is 12.2 Å². The Morgan fingerprint density at radius 1 is 1.55 bits per heavy atom. The van der Waals surface area contributed by atoms with Gasteiger partial charge in [0.05, 0.1) is 11.6 Å². The molecule has 2 nitrogen and oxygen atoms in total. The van der Waals surface area contributed by atoms with E-state index in [2.05, 4.69) is 15.9 Å². The van der Waals surface area contributed by atoms with Crippen LogP contribution in [0.2, 0.25) is 0 Å². The zero-order valence-electron chi connectivity index (χ0n) is 6.04. The fourth-order valence-corrected chi connectivity index (χ4v) is 1.32. The van der Waals surface area contributed by atoms with Crippen molar-refractivity contribution in [2.45, 2.75) is 0 Å². The Morgan fingerprint density at radius 3 is 2.73 bits per heavy atom. The van der Waals surface area contributed by atoms with E-state index in [1.54, 1.807) is 25.3 Å². The first-order valence-electron chi connectivity index (χ1n) is 3.09. The summed E-state index contributed by atoms with van der Waals surface area (Å²) >= 11 is 3.29. The van der Waals surface area contributed by atoms with E-state index in [0.717, 1.165) is 22.4 Å². The van der Waals surface area contributed by atoms with E-state index >= 15 is 0 Å². The molecular formula is C8H8BrO2. The van der Waals surface area contributed by atoms with Crippen molar-refractivity contribution >= 4 is 15.9 Å². The molecule has 1 radical (unpaired) electrons. The lowest BCUT2D eigenvalue weighted by Crippen LogP contribution is -1.86. The highest BCUT2D eigenvalue weighted by molar-refractivity contribution is 9.10. The van der Waals surface area contributed by atoms with E-state index in [0.29, 0.717) is 0 Å². The van der Waals surface area contributed by atoms with Crippen LogP contribution in [0, 0.1) is 6.61 Å². The van der Waals surface area contributed by atoms with Crippen molar-refractivity contribution in [1.29, 1.82) is 0 Å². The summed E-state index contributed by atoms with van der Waals surface area (Å²) in [6, 6.07) is 5.33. The summed E-state index contributed by atoms with van der Waals surface area (Å²) < 4.78 is 5.84. The van der Waals surface area contributed by atoms with E-state index in [1.165, 1.54) is 0 Å². The number of benzene rings is 1. The number of hydrogen-bond acceptors (Lipinski definition) is 2. The smallest absolute Gasteiger partial charge is 0.133 e. The van der Waals surface area contributed by atoms with E-state index < -0.39 is 0 Å². The minimum atomic E-state index is 0.748. The van der Waals surface area contributed by atoms with Crippen LogP contribution in [0.15, 0.2) is 22.7 Å². The van der Waals surface area contributed by atoms with Crippen LogP contribution < -0.4 is 4.74 Å². The summed E-state index contributed by atoms with van der Waals surface area (Å²) in [5.41, 5.74) is 0.748. The van der Waals surface area contributed by atoms with E-state index in [4.69, 9.17) is 9.84 Å². The van der Waals surface area contributed by atoms with Crippen molar-refractivity contribution in [3.8, 4) is 5.75 Å². The molecule has 0 amide bonds. The Labute approximate surface area is 73.9 Å². The van der Waals surface area contributed by atoms with E-state index in [9.17, 15) is 0 Å². The second-order valence-electron chi connectivity index (χ2n) is 2.02. The molecule has 0 saturated carbocycles. The highest BCUT2D eigenvalue weighted by atomic mass is 79.9. The van der Waals surface area contributed by atoms with Crippen LogP contribution in [0.3, 0.4) is 0 Å². The molecule has 0 atom stereocenters. The fourth-order valence-electron chi connectivity index (χ4n) is 0.763. The second-order valence-corrected chi connectivity index (χ2v) is 2.88. The molecule has 11 heavy (non-hydrogen) atoms. The molecule has 0 aliphatic heterocycles. The first-order chi connectivity index (χ1) is 5.27. The Balaban J connectivity index is 2.99. The molecule has 0 aliphatic carbocycles. The van der Waals surface area contributed by atoms with Gasteiger partial charge in [-0.05, 0) is 33.6 Å². The third-order valence-electron chi connectivity index (χ3n) is 1.32. The predicted molar refractivity (Wildman–Crippen MR) is 46.0 cm³/mol. The molecule has 59 valence electrons. The largest absolute Gasteiger partial charge is 0.496 e. The lowest BCUT2D eigenvalue weighted by molar-refractivity contribution is 0.407. The summed E-state index contributed by atoms with van der Waals surface area (Å²) in [6.45, 7) is 1.05. The predicted octanol–water partition coefficient (Wildman–Crippen LogP) is 2.34. The molecule has 1 aromatic rings. The highest BCUT2D eigenvalue weighted by Gasteiger charge is 1.99. The van der Waals surface area contributed by atoms with Crippen molar-refractivity contribution < 1.29 is 9.84 Å². The molecule has 1 aromatic carbocycles. The van der Waals surface area contributed by atoms with Gasteiger partial charge in [0.1, 0.15) is 12.4 Å². The van der Waals surface area contributed by atoms with Crippen LogP contribution in [0.25, 0.3) is 0 Å². The minimum Gasteiger partial charge on any atom is -0.496 e. The van der Waals surface area contributed by atoms with Crippen LogP contribution >= 0.6 is 15.9 Å². The zero-order valence-corrected chi connectivity index (χ0v) is 7.63. The molecule has 0 fully saturated rings. The summed E-state index contributed by atoms with van der Waals surface area (Å²) in [5, 5.41) is 8.64. The summed E-state index contributed by atoms with van der Waals surface area (Å²) in [6.07, 6.45) is 0. The second kappa shape index (κ2) is 3.74. The Kier molecular flexibility index (Phi) is 2.91. The van der Waals surface area contributed by atoms with E-state index in [1.807, 2.05) is 0 Å². The Morgan fingerprint density at radius 2 is 2.27 bits per heavy atom. The van der Waals surface area contributed by atoms with Crippen molar-refractivity contribution in [3.63, 3.8) is 0 Å². The van der Waals surface area contributed by atoms with Gasteiger partial charge in [-0.1, -0.05) is 6.07 Å². The zero-order chi connectivity index (χ0) is 8.27. The molecule has 0 bridgehead atoms. The van der Waals surface area contributed by atoms with Gasteiger partial charge in [0, 0.05) is 0 Å². The van der Waals surface area contributed by atoms with Gasteiger partial charge >= 0.3 is 0 Å².